The molecule has 1 aromatic heterocycles. The van der Waals surface area contributed by atoms with Crippen LogP contribution in [-0.2, 0) is 22.7 Å². The second-order valence-electron chi connectivity index (χ2n) is 9.06. The van der Waals surface area contributed by atoms with Crippen LogP contribution in [0.2, 0.25) is 0 Å². The zero-order valence-electron chi connectivity index (χ0n) is 21.9. The van der Waals surface area contributed by atoms with Crippen molar-refractivity contribution < 1.29 is 18.7 Å². The monoisotopic (exact) mass is 537 g/mol. The highest BCUT2D eigenvalue weighted by Crippen LogP contribution is 2.31. The van der Waals surface area contributed by atoms with Gasteiger partial charge < -0.3 is 10.1 Å². The van der Waals surface area contributed by atoms with Crippen LogP contribution in [0, 0.1) is 5.82 Å². The van der Waals surface area contributed by atoms with Crippen LogP contribution in [0.25, 0.3) is 11.0 Å². The van der Waals surface area contributed by atoms with Crippen molar-refractivity contribution in [3.63, 3.8) is 0 Å². The SMILES string of the molecule is CCOc1ccc([C@H](C(=O)NCc2ccccc2)N(C(=O)Cn2nnc3ccccc32)c2ccccc2F)cc1. The Balaban J connectivity index is 1.56. The molecule has 5 rings (SSSR count). The number of aromatic nitrogens is 3. The van der Waals surface area contributed by atoms with E-state index in [9.17, 15) is 9.59 Å². The summed E-state index contributed by atoms with van der Waals surface area (Å²) in [7, 11) is 0. The molecule has 0 bridgehead atoms. The number of rotatable bonds is 10. The third kappa shape index (κ3) is 5.83. The highest BCUT2D eigenvalue weighted by molar-refractivity contribution is 6.01. The van der Waals surface area contributed by atoms with Crippen LogP contribution in [0.3, 0.4) is 0 Å². The van der Waals surface area contributed by atoms with Gasteiger partial charge in [-0.25, -0.2) is 9.07 Å². The van der Waals surface area contributed by atoms with Gasteiger partial charge in [-0.15, -0.1) is 5.10 Å². The maximum Gasteiger partial charge on any atom is 0.249 e. The van der Waals surface area contributed by atoms with Crippen LogP contribution in [0.5, 0.6) is 5.75 Å². The summed E-state index contributed by atoms with van der Waals surface area (Å²) in [4.78, 5) is 29.1. The number of anilines is 1. The van der Waals surface area contributed by atoms with Gasteiger partial charge in [-0.3, -0.25) is 14.5 Å². The van der Waals surface area contributed by atoms with Gasteiger partial charge in [0.15, 0.2) is 0 Å². The number of amides is 2. The first-order chi connectivity index (χ1) is 19.5. The number of carbonyl (C=O) groups is 2. The second kappa shape index (κ2) is 12.2. The van der Waals surface area contributed by atoms with Crippen molar-refractivity contribution in [1.82, 2.24) is 20.3 Å². The Morgan fingerprint density at radius 3 is 2.38 bits per heavy atom. The summed E-state index contributed by atoms with van der Waals surface area (Å²) < 4.78 is 22.3. The molecule has 8 nitrogen and oxygen atoms in total. The Labute approximate surface area is 231 Å². The average molecular weight is 538 g/mol. The molecule has 5 aromatic rings. The summed E-state index contributed by atoms with van der Waals surface area (Å²) in [6, 6.07) is 28.3. The van der Waals surface area contributed by atoms with Gasteiger partial charge in [-0.1, -0.05) is 71.9 Å². The Kier molecular flexibility index (Phi) is 8.10. The molecule has 2 amide bonds. The lowest BCUT2D eigenvalue weighted by Crippen LogP contribution is -2.45. The highest BCUT2D eigenvalue weighted by Gasteiger charge is 2.34. The summed E-state index contributed by atoms with van der Waals surface area (Å²) in [5.74, 6) is -1.01. The molecular weight excluding hydrogens is 509 g/mol. The molecule has 0 saturated heterocycles. The molecule has 1 heterocycles. The molecule has 0 fully saturated rings. The number of nitrogens with one attached hydrogen (secondary N) is 1. The Morgan fingerprint density at radius 2 is 1.62 bits per heavy atom. The standard InChI is InChI=1S/C31H28FN5O3/c1-2-40-24-18-16-23(17-19-24)30(31(39)33-20-22-10-4-3-5-11-22)37(27-14-8-6-12-25(27)32)29(38)21-36-28-15-9-7-13-26(28)34-35-36/h3-19,30H,2,20-21H2,1H3,(H,33,39)/t30-/m1/s1. The van der Waals surface area contributed by atoms with Gasteiger partial charge in [0.05, 0.1) is 17.8 Å². The summed E-state index contributed by atoms with van der Waals surface area (Å²) in [5, 5.41) is 11.2. The molecule has 1 atom stereocenters. The van der Waals surface area contributed by atoms with E-state index in [1.165, 1.54) is 27.8 Å². The summed E-state index contributed by atoms with van der Waals surface area (Å²) in [6.45, 7) is 2.33. The van der Waals surface area contributed by atoms with Crippen molar-refractivity contribution in [1.29, 1.82) is 0 Å². The zero-order valence-corrected chi connectivity index (χ0v) is 21.9. The van der Waals surface area contributed by atoms with Crippen molar-refractivity contribution in [2.45, 2.75) is 26.1 Å². The molecule has 0 radical (unpaired) electrons. The highest BCUT2D eigenvalue weighted by atomic mass is 19.1. The molecule has 202 valence electrons. The molecule has 0 saturated carbocycles. The number of carbonyl (C=O) groups excluding carboxylic acids is 2. The first kappa shape index (κ1) is 26.6. The fourth-order valence-corrected chi connectivity index (χ4v) is 4.52. The maximum absolute atomic E-state index is 15.3. The van der Waals surface area contributed by atoms with Crippen LogP contribution in [0.15, 0.2) is 103 Å². The number of nitrogens with zero attached hydrogens (tertiary/aromatic N) is 4. The summed E-state index contributed by atoms with van der Waals surface area (Å²) in [6.07, 6.45) is 0. The third-order valence-corrected chi connectivity index (χ3v) is 6.41. The fraction of sp³-hybridized carbons (Fsp3) is 0.161. The number of para-hydroxylation sites is 2. The maximum atomic E-state index is 15.3. The second-order valence-corrected chi connectivity index (χ2v) is 9.06. The number of fused-ring (bicyclic) bond motifs is 1. The average Bonchev–Trinajstić information content (AvgIpc) is 3.39. The van der Waals surface area contributed by atoms with Crippen LogP contribution >= 0.6 is 0 Å². The molecule has 0 aliphatic rings. The number of hydrogen-bond acceptors (Lipinski definition) is 5. The normalized spacial score (nSPS) is 11.7. The molecule has 0 aliphatic heterocycles. The van der Waals surface area contributed by atoms with Crippen molar-refractivity contribution in [3.05, 3.63) is 120 Å². The summed E-state index contributed by atoms with van der Waals surface area (Å²) in [5.41, 5.74) is 2.63. The van der Waals surface area contributed by atoms with E-state index in [0.29, 0.717) is 29.0 Å². The van der Waals surface area contributed by atoms with E-state index in [4.69, 9.17) is 4.74 Å². The lowest BCUT2D eigenvalue weighted by molar-refractivity contribution is -0.127. The van der Waals surface area contributed by atoms with E-state index < -0.39 is 23.7 Å². The van der Waals surface area contributed by atoms with E-state index >= 15 is 4.39 Å². The predicted molar refractivity (Wildman–Crippen MR) is 150 cm³/mol. The molecule has 9 heteroatoms. The topological polar surface area (TPSA) is 89.4 Å². The van der Waals surface area contributed by atoms with Gasteiger partial charge in [0.1, 0.15) is 29.7 Å². The van der Waals surface area contributed by atoms with Crippen LogP contribution in [0.4, 0.5) is 10.1 Å². The number of halogens is 1. The van der Waals surface area contributed by atoms with Crippen LogP contribution in [-0.4, -0.2) is 33.4 Å². The van der Waals surface area contributed by atoms with Crippen LogP contribution in [0.1, 0.15) is 24.1 Å². The minimum Gasteiger partial charge on any atom is -0.494 e. The van der Waals surface area contributed by atoms with E-state index in [0.717, 1.165) is 5.56 Å². The molecular formula is C31H28FN5O3. The quantitative estimate of drug-likeness (QED) is 0.269. The first-order valence-corrected chi connectivity index (χ1v) is 12.9. The lowest BCUT2D eigenvalue weighted by atomic mass is 10.0. The lowest BCUT2D eigenvalue weighted by Gasteiger charge is -2.32. The molecule has 1 N–H and O–H groups in total. The van der Waals surface area contributed by atoms with Gasteiger partial charge in [0.25, 0.3) is 0 Å². The van der Waals surface area contributed by atoms with Crippen molar-refractivity contribution in [3.8, 4) is 5.75 Å². The van der Waals surface area contributed by atoms with Gasteiger partial charge >= 0.3 is 0 Å². The van der Waals surface area contributed by atoms with Gasteiger partial charge in [-0.05, 0) is 54.4 Å². The fourth-order valence-electron chi connectivity index (χ4n) is 4.52. The van der Waals surface area contributed by atoms with E-state index in [1.807, 2.05) is 49.4 Å². The summed E-state index contributed by atoms with van der Waals surface area (Å²) >= 11 is 0. The number of benzene rings is 4. The van der Waals surface area contributed by atoms with E-state index in [1.54, 1.807) is 42.5 Å². The zero-order chi connectivity index (χ0) is 27.9. The van der Waals surface area contributed by atoms with Crippen molar-refractivity contribution in [2.24, 2.45) is 0 Å². The molecule has 4 aromatic carbocycles. The minimum absolute atomic E-state index is 0.0225. The molecule has 0 unspecified atom stereocenters. The van der Waals surface area contributed by atoms with E-state index in [-0.39, 0.29) is 18.8 Å². The Bertz CT molecular complexity index is 1600. The number of ether oxygens (including phenoxy) is 1. The number of hydrogen-bond donors (Lipinski definition) is 1. The minimum atomic E-state index is -1.18. The molecule has 0 aliphatic carbocycles. The van der Waals surface area contributed by atoms with Crippen molar-refractivity contribution >= 4 is 28.5 Å². The van der Waals surface area contributed by atoms with Gasteiger partial charge in [0.2, 0.25) is 11.8 Å². The van der Waals surface area contributed by atoms with Gasteiger partial charge in [0, 0.05) is 6.54 Å². The Hall–Kier alpha value is -5.05. The Morgan fingerprint density at radius 1 is 0.925 bits per heavy atom. The molecule has 0 spiro atoms. The first-order valence-electron chi connectivity index (χ1n) is 12.9. The van der Waals surface area contributed by atoms with Crippen molar-refractivity contribution in [2.75, 3.05) is 11.5 Å². The third-order valence-electron chi connectivity index (χ3n) is 6.41. The largest absolute Gasteiger partial charge is 0.494 e. The van der Waals surface area contributed by atoms with E-state index in [2.05, 4.69) is 15.6 Å². The predicted octanol–water partition coefficient (Wildman–Crippen LogP) is 5.06. The van der Waals surface area contributed by atoms with Gasteiger partial charge in [-0.2, -0.15) is 0 Å². The smallest absolute Gasteiger partial charge is 0.249 e. The van der Waals surface area contributed by atoms with Crippen LogP contribution < -0.4 is 15.0 Å². The molecule has 40 heavy (non-hydrogen) atoms.